The lowest BCUT2D eigenvalue weighted by Crippen LogP contribution is -2.42. The van der Waals surface area contributed by atoms with Crippen LogP contribution in [0, 0.1) is 0 Å². The Kier molecular flexibility index (Phi) is 26.0. The van der Waals surface area contributed by atoms with Crippen molar-refractivity contribution in [3.63, 3.8) is 0 Å². The fraction of sp³-hybridized carbons (Fsp3) is 1.00. The van der Waals surface area contributed by atoms with E-state index in [1.54, 1.807) is 6.92 Å². The van der Waals surface area contributed by atoms with E-state index in [1.807, 2.05) is 0 Å². The van der Waals surface area contributed by atoms with Crippen molar-refractivity contribution in [3.05, 3.63) is 0 Å². The molecule has 14 heteroatoms. The molecule has 0 aliphatic rings. The molecule has 9 atom stereocenters. The Labute approximate surface area is 193 Å². The summed E-state index contributed by atoms with van der Waals surface area (Å²) < 4.78 is 13.9. The minimum absolute atomic E-state index is 0.0712. The Hall–Kier alpha value is -0.560. The highest BCUT2D eigenvalue weighted by atomic mass is 16.5. The second-order valence-corrected chi connectivity index (χ2v) is 6.89. The lowest BCUT2D eigenvalue weighted by atomic mass is 10.1. The number of ether oxygens (including phenoxy) is 3. The highest BCUT2D eigenvalue weighted by Gasteiger charge is 2.25. The molecule has 0 amide bonds. The Morgan fingerprint density at radius 1 is 0.545 bits per heavy atom. The van der Waals surface area contributed by atoms with E-state index in [-0.39, 0.29) is 6.61 Å². The van der Waals surface area contributed by atoms with Crippen LogP contribution in [0.2, 0.25) is 0 Å². The molecule has 11 N–H and O–H groups in total. The fourth-order valence-electron chi connectivity index (χ4n) is 2.22. The van der Waals surface area contributed by atoms with Gasteiger partial charge in [-0.15, -0.1) is 0 Å². The van der Waals surface area contributed by atoms with Crippen LogP contribution in [-0.2, 0) is 14.2 Å². The van der Waals surface area contributed by atoms with Crippen LogP contribution in [0.5, 0.6) is 0 Å². The molecule has 14 nitrogen and oxygen atoms in total. The van der Waals surface area contributed by atoms with E-state index in [4.69, 9.17) is 55.8 Å². The summed E-state index contributed by atoms with van der Waals surface area (Å²) in [4.78, 5) is 0. The van der Waals surface area contributed by atoms with E-state index in [1.165, 1.54) is 21.3 Å². The second-order valence-electron chi connectivity index (χ2n) is 6.89. The third-order valence-corrected chi connectivity index (χ3v) is 4.39. The van der Waals surface area contributed by atoms with Gasteiger partial charge in [-0.1, -0.05) is 6.92 Å². The van der Waals surface area contributed by atoms with E-state index >= 15 is 0 Å². The molecule has 33 heavy (non-hydrogen) atoms. The standard InChI is InChI=1S/C7H16O4.2C6H14O5/c1-3-5(9)7(11-2)6(10)4-8;1-11-3-5(9)6(10)4(8)2-7;1-11-5(3-8)6(10)4(9)2-7/h5-10H,3-4H2,1-2H3;2*4-10H,2-3H2,1H3/t5-,6+,7+;2*4-,5+,6+/m100/s1. The molecule has 0 fully saturated rings. The number of hydrogen-bond acceptors (Lipinski definition) is 14. The van der Waals surface area contributed by atoms with Gasteiger partial charge < -0.3 is 70.4 Å². The molecule has 0 heterocycles. The molecule has 0 aromatic carbocycles. The summed E-state index contributed by atoms with van der Waals surface area (Å²) in [7, 11) is 4.05. The molecule has 0 radical (unpaired) electrons. The molecule has 0 rings (SSSR count). The van der Waals surface area contributed by atoms with Gasteiger partial charge in [-0.3, -0.25) is 0 Å². The Morgan fingerprint density at radius 3 is 1.30 bits per heavy atom. The number of aliphatic hydroxyl groups is 11. The molecule has 0 saturated heterocycles. The van der Waals surface area contributed by atoms with Gasteiger partial charge in [-0.05, 0) is 6.42 Å². The van der Waals surface area contributed by atoms with E-state index < -0.39 is 81.4 Å². The quantitative estimate of drug-likeness (QED) is 0.101. The van der Waals surface area contributed by atoms with Crippen LogP contribution in [0.15, 0.2) is 0 Å². The summed E-state index contributed by atoms with van der Waals surface area (Å²) in [6.45, 7) is -0.216. The maximum atomic E-state index is 9.22. The molecular formula is C19H44O14. The van der Waals surface area contributed by atoms with Crippen molar-refractivity contribution in [2.75, 3.05) is 54.4 Å². The van der Waals surface area contributed by atoms with Crippen molar-refractivity contribution < 1.29 is 70.4 Å². The van der Waals surface area contributed by atoms with Gasteiger partial charge in [-0.25, -0.2) is 0 Å². The van der Waals surface area contributed by atoms with Crippen molar-refractivity contribution in [1.29, 1.82) is 0 Å². The average molecular weight is 497 g/mol. The van der Waals surface area contributed by atoms with Gasteiger partial charge >= 0.3 is 0 Å². The average Bonchev–Trinajstić information content (AvgIpc) is 2.83. The van der Waals surface area contributed by atoms with E-state index in [0.29, 0.717) is 6.42 Å². The Bertz CT molecular complexity index is 391. The molecule has 0 aliphatic carbocycles. The van der Waals surface area contributed by atoms with Crippen LogP contribution in [-0.4, -0.2) is 165 Å². The van der Waals surface area contributed by atoms with Gasteiger partial charge in [-0.2, -0.15) is 0 Å². The summed E-state index contributed by atoms with van der Waals surface area (Å²) in [5, 5.41) is 96.9. The first-order valence-electron chi connectivity index (χ1n) is 10.2. The lowest BCUT2D eigenvalue weighted by molar-refractivity contribution is -0.104. The summed E-state index contributed by atoms with van der Waals surface area (Å²) in [5.74, 6) is 0. The normalized spacial score (nSPS) is 19.4. The van der Waals surface area contributed by atoms with Crippen molar-refractivity contribution in [3.8, 4) is 0 Å². The zero-order valence-electron chi connectivity index (χ0n) is 19.6. The van der Waals surface area contributed by atoms with Crippen LogP contribution in [0.25, 0.3) is 0 Å². The maximum Gasteiger partial charge on any atom is 0.111 e. The first kappa shape index (κ1) is 37.0. The van der Waals surface area contributed by atoms with Gasteiger partial charge in [0.15, 0.2) is 0 Å². The minimum Gasteiger partial charge on any atom is -0.394 e. The lowest BCUT2D eigenvalue weighted by Gasteiger charge is -2.23. The fourth-order valence-corrected chi connectivity index (χ4v) is 2.22. The smallest absolute Gasteiger partial charge is 0.111 e. The number of hydrogen-bond donors (Lipinski definition) is 11. The molecule has 0 saturated carbocycles. The van der Waals surface area contributed by atoms with Crippen LogP contribution in [0.1, 0.15) is 13.3 Å². The maximum absolute atomic E-state index is 9.22. The number of aliphatic hydroxyl groups excluding tert-OH is 11. The third-order valence-electron chi connectivity index (χ3n) is 4.39. The van der Waals surface area contributed by atoms with E-state index in [0.717, 1.165) is 0 Å². The predicted molar refractivity (Wildman–Crippen MR) is 114 cm³/mol. The number of rotatable bonds is 15. The molecule has 0 aromatic rings. The largest absolute Gasteiger partial charge is 0.394 e. The zero-order chi connectivity index (χ0) is 26.6. The first-order valence-corrected chi connectivity index (χ1v) is 10.2. The van der Waals surface area contributed by atoms with E-state index in [9.17, 15) is 5.11 Å². The predicted octanol–water partition coefficient (Wildman–Crippen LogP) is -5.46. The molecule has 0 unspecified atom stereocenters. The van der Waals surface area contributed by atoms with Crippen molar-refractivity contribution in [2.24, 2.45) is 0 Å². The molecular weight excluding hydrogens is 452 g/mol. The van der Waals surface area contributed by atoms with Gasteiger partial charge in [0.2, 0.25) is 0 Å². The van der Waals surface area contributed by atoms with Crippen molar-refractivity contribution in [1.82, 2.24) is 0 Å². The minimum atomic E-state index is -1.36. The summed E-state index contributed by atoms with van der Waals surface area (Å²) >= 11 is 0. The SMILES string of the molecule is CC[C@@H](O)[C@H](OC)[C@@H](O)CO.COC[C@@H](O)[C@H](O)[C@@H](O)CO.CO[C@H](CO)[C@H](O)[C@@H](O)CO. The molecule has 204 valence electrons. The number of methoxy groups -OCH3 is 3. The molecule has 0 bridgehead atoms. The highest BCUT2D eigenvalue weighted by Crippen LogP contribution is 2.07. The zero-order valence-corrected chi connectivity index (χ0v) is 19.6. The van der Waals surface area contributed by atoms with Crippen molar-refractivity contribution >= 4 is 0 Å². The van der Waals surface area contributed by atoms with Gasteiger partial charge in [0.05, 0.1) is 39.1 Å². The van der Waals surface area contributed by atoms with Crippen LogP contribution < -0.4 is 0 Å². The summed E-state index contributed by atoms with van der Waals surface area (Å²) in [6.07, 6.45) is -9.14. The van der Waals surface area contributed by atoms with E-state index in [2.05, 4.69) is 9.47 Å². The monoisotopic (exact) mass is 496 g/mol. The van der Waals surface area contributed by atoms with Crippen LogP contribution >= 0.6 is 0 Å². The van der Waals surface area contributed by atoms with Gasteiger partial charge in [0.25, 0.3) is 0 Å². The van der Waals surface area contributed by atoms with Crippen molar-refractivity contribution in [2.45, 2.75) is 68.3 Å². The molecule has 0 aromatic heterocycles. The molecule has 0 spiro atoms. The summed E-state index contributed by atoms with van der Waals surface area (Å²) in [5.41, 5.74) is 0. The molecule has 0 aliphatic heterocycles. The Morgan fingerprint density at radius 2 is 1.00 bits per heavy atom. The third kappa shape index (κ3) is 16.7. The highest BCUT2D eigenvalue weighted by molar-refractivity contribution is 4.76. The van der Waals surface area contributed by atoms with Crippen LogP contribution in [0.4, 0.5) is 0 Å². The Balaban J connectivity index is -0.000000409. The second kappa shape index (κ2) is 23.2. The topological polar surface area (TPSA) is 250 Å². The van der Waals surface area contributed by atoms with Crippen LogP contribution in [0.3, 0.4) is 0 Å². The van der Waals surface area contributed by atoms with Gasteiger partial charge in [0.1, 0.15) is 48.8 Å². The summed E-state index contributed by atoms with van der Waals surface area (Å²) in [6, 6.07) is 0. The van der Waals surface area contributed by atoms with Gasteiger partial charge in [0, 0.05) is 21.3 Å². The first-order chi connectivity index (χ1) is 15.5.